The fourth-order valence-corrected chi connectivity index (χ4v) is 5.12. The molecule has 1 heterocycles. The van der Waals surface area contributed by atoms with Crippen LogP contribution in [-0.4, -0.2) is 42.5 Å². The lowest BCUT2D eigenvalue weighted by Crippen LogP contribution is -2.41. The molecule has 3 fully saturated rings. The first-order valence-electron chi connectivity index (χ1n) is 8.07. The third-order valence-corrected chi connectivity index (χ3v) is 6.71. The van der Waals surface area contributed by atoms with Crippen molar-refractivity contribution in [3.05, 3.63) is 0 Å². The van der Waals surface area contributed by atoms with Gasteiger partial charge in [-0.25, -0.2) is 0 Å². The summed E-state index contributed by atoms with van der Waals surface area (Å²) < 4.78 is 24.8. The molecule has 1 aliphatic heterocycles. The molecule has 2 aliphatic carbocycles. The Labute approximate surface area is 121 Å². The van der Waals surface area contributed by atoms with Crippen molar-refractivity contribution in [3.8, 4) is 0 Å². The molecule has 0 spiro atoms. The number of nitrogens with two attached hydrogens (primary N) is 1. The molecule has 0 amide bonds. The van der Waals surface area contributed by atoms with E-state index in [0.717, 1.165) is 51.6 Å². The van der Waals surface area contributed by atoms with Crippen LogP contribution in [0.1, 0.15) is 51.4 Å². The molecule has 2 N–H and O–H groups in total. The van der Waals surface area contributed by atoms with Crippen LogP contribution >= 0.6 is 7.60 Å². The van der Waals surface area contributed by atoms with Crippen LogP contribution < -0.4 is 5.73 Å². The van der Waals surface area contributed by atoms with Crippen LogP contribution in [0.2, 0.25) is 0 Å². The second-order valence-corrected chi connectivity index (χ2v) is 8.45. The lowest BCUT2D eigenvalue weighted by Gasteiger charge is -2.38. The topological polar surface area (TPSA) is 64.8 Å². The van der Waals surface area contributed by atoms with Crippen molar-refractivity contribution in [1.82, 2.24) is 4.90 Å². The summed E-state index contributed by atoms with van der Waals surface area (Å²) in [6.07, 6.45) is 9.23. The zero-order chi connectivity index (χ0) is 14.0. The highest BCUT2D eigenvalue weighted by atomic mass is 31.2. The predicted octanol–water partition coefficient (Wildman–Crippen LogP) is 2.70. The summed E-state index contributed by atoms with van der Waals surface area (Å²) in [7, 11) is -2.97. The smallest absolute Gasteiger partial charge is 0.328 e. The lowest BCUT2D eigenvalue weighted by molar-refractivity contribution is 0.0426. The Hall–Kier alpha value is 0.0700. The van der Waals surface area contributed by atoms with Gasteiger partial charge < -0.3 is 14.8 Å². The van der Waals surface area contributed by atoms with Crippen LogP contribution in [0, 0.1) is 0 Å². The molecule has 20 heavy (non-hydrogen) atoms. The number of hydrogen-bond donors (Lipinski definition) is 1. The van der Waals surface area contributed by atoms with E-state index < -0.39 is 7.60 Å². The number of nitrogens with zero attached hydrogens (tertiary/aromatic N) is 1. The average molecular weight is 302 g/mol. The minimum Gasteiger partial charge on any atom is -0.328 e. The maximum absolute atomic E-state index is 13.1. The lowest BCUT2D eigenvalue weighted by atomic mass is 9.97. The van der Waals surface area contributed by atoms with E-state index in [9.17, 15) is 4.57 Å². The zero-order valence-electron chi connectivity index (χ0n) is 12.2. The monoisotopic (exact) mass is 302 g/mol. The Morgan fingerprint density at radius 3 is 1.85 bits per heavy atom. The van der Waals surface area contributed by atoms with Crippen LogP contribution in [-0.2, 0) is 13.6 Å². The van der Waals surface area contributed by atoms with Gasteiger partial charge in [0.25, 0.3) is 0 Å². The molecular formula is C14H27N2O3P. The first kappa shape index (κ1) is 15.0. The number of hydrogen-bond acceptors (Lipinski definition) is 5. The standard InChI is InChI=1S/C14H27N2O3P/c15-12-7-9-16(10-8-12)11-20(17,18-13-3-1-4-13)19-14-5-2-6-14/h12-14H,1-11,15H2. The summed E-state index contributed by atoms with van der Waals surface area (Å²) in [5.41, 5.74) is 5.93. The van der Waals surface area contributed by atoms with Gasteiger partial charge in [0.2, 0.25) is 0 Å². The van der Waals surface area contributed by atoms with Crippen molar-refractivity contribution < 1.29 is 13.6 Å². The third-order valence-electron chi connectivity index (χ3n) is 4.73. The zero-order valence-corrected chi connectivity index (χ0v) is 13.1. The molecule has 0 unspecified atom stereocenters. The highest BCUT2D eigenvalue weighted by Gasteiger charge is 2.38. The summed E-state index contributed by atoms with van der Waals surface area (Å²) in [5.74, 6) is 0. The summed E-state index contributed by atoms with van der Waals surface area (Å²) in [6, 6.07) is 0.297. The normalized spacial score (nSPS) is 27.2. The van der Waals surface area contributed by atoms with Crippen molar-refractivity contribution in [1.29, 1.82) is 0 Å². The van der Waals surface area contributed by atoms with Gasteiger partial charge in [0, 0.05) is 19.1 Å². The average Bonchev–Trinajstić information content (AvgIpc) is 2.33. The molecule has 1 saturated heterocycles. The third kappa shape index (κ3) is 3.83. The van der Waals surface area contributed by atoms with Crippen molar-refractivity contribution in [2.24, 2.45) is 5.73 Å². The minimum absolute atomic E-state index is 0.160. The summed E-state index contributed by atoms with van der Waals surface area (Å²) in [4.78, 5) is 2.21. The highest BCUT2D eigenvalue weighted by molar-refractivity contribution is 7.53. The van der Waals surface area contributed by atoms with E-state index in [1.54, 1.807) is 0 Å². The molecule has 0 aromatic carbocycles. The molecule has 116 valence electrons. The molecule has 0 radical (unpaired) electrons. The molecule has 2 saturated carbocycles. The van der Waals surface area contributed by atoms with Gasteiger partial charge in [-0.3, -0.25) is 9.46 Å². The van der Waals surface area contributed by atoms with E-state index in [1.165, 1.54) is 12.8 Å². The Balaban J connectivity index is 1.56. The van der Waals surface area contributed by atoms with Gasteiger partial charge in [0.05, 0.1) is 12.2 Å². The Kier molecular flexibility index (Phi) is 4.83. The Bertz CT molecular complexity index is 343. The molecule has 3 aliphatic rings. The van der Waals surface area contributed by atoms with E-state index in [0.29, 0.717) is 12.3 Å². The Morgan fingerprint density at radius 2 is 1.45 bits per heavy atom. The molecule has 5 nitrogen and oxygen atoms in total. The Morgan fingerprint density at radius 1 is 0.950 bits per heavy atom. The first-order valence-corrected chi connectivity index (χ1v) is 9.79. The molecule has 0 atom stereocenters. The summed E-state index contributed by atoms with van der Waals surface area (Å²) >= 11 is 0. The van der Waals surface area contributed by atoms with Gasteiger partial charge in [-0.15, -0.1) is 0 Å². The maximum atomic E-state index is 13.1. The van der Waals surface area contributed by atoms with Gasteiger partial charge in [-0.2, -0.15) is 0 Å². The summed E-state index contributed by atoms with van der Waals surface area (Å²) in [6.45, 7) is 1.82. The van der Waals surface area contributed by atoms with Crippen molar-refractivity contribution >= 4 is 7.60 Å². The summed E-state index contributed by atoms with van der Waals surface area (Å²) in [5, 5.41) is 0. The highest BCUT2D eigenvalue weighted by Crippen LogP contribution is 2.55. The van der Waals surface area contributed by atoms with Crippen molar-refractivity contribution in [2.45, 2.75) is 69.6 Å². The van der Waals surface area contributed by atoms with Crippen LogP contribution in [0.25, 0.3) is 0 Å². The predicted molar refractivity (Wildman–Crippen MR) is 78.7 cm³/mol. The second kappa shape index (κ2) is 6.45. The molecular weight excluding hydrogens is 275 g/mol. The maximum Gasteiger partial charge on any atom is 0.345 e. The van der Waals surface area contributed by atoms with E-state index in [1.807, 2.05) is 0 Å². The first-order chi connectivity index (χ1) is 9.63. The SMILES string of the molecule is NC1CCN(CP(=O)(OC2CCC2)OC2CCC2)CC1. The molecule has 0 aromatic rings. The van der Waals surface area contributed by atoms with E-state index >= 15 is 0 Å². The van der Waals surface area contributed by atoms with Crippen molar-refractivity contribution in [2.75, 3.05) is 19.4 Å². The second-order valence-electron chi connectivity index (χ2n) is 6.52. The molecule has 3 rings (SSSR count). The quantitative estimate of drug-likeness (QED) is 0.764. The fourth-order valence-electron chi connectivity index (χ4n) is 2.84. The van der Waals surface area contributed by atoms with E-state index in [-0.39, 0.29) is 12.2 Å². The van der Waals surface area contributed by atoms with E-state index in [4.69, 9.17) is 14.8 Å². The molecule has 6 heteroatoms. The van der Waals surface area contributed by atoms with Gasteiger partial charge in [0.1, 0.15) is 6.29 Å². The van der Waals surface area contributed by atoms with Crippen LogP contribution in [0.4, 0.5) is 0 Å². The van der Waals surface area contributed by atoms with Crippen LogP contribution in [0.15, 0.2) is 0 Å². The van der Waals surface area contributed by atoms with E-state index in [2.05, 4.69) is 4.90 Å². The van der Waals surface area contributed by atoms with Crippen LogP contribution in [0.5, 0.6) is 0 Å². The minimum atomic E-state index is -2.97. The number of piperidine rings is 1. The number of rotatable bonds is 6. The van der Waals surface area contributed by atoms with Gasteiger partial charge >= 0.3 is 7.60 Å². The largest absolute Gasteiger partial charge is 0.345 e. The van der Waals surface area contributed by atoms with Crippen molar-refractivity contribution in [3.63, 3.8) is 0 Å². The fraction of sp³-hybridized carbons (Fsp3) is 1.00. The number of likely N-dealkylation sites (tertiary alicyclic amines) is 1. The van der Waals surface area contributed by atoms with Gasteiger partial charge in [0.15, 0.2) is 0 Å². The van der Waals surface area contributed by atoms with Crippen LogP contribution in [0.3, 0.4) is 0 Å². The van der Waals surface area contributed by atoms with Gasteiger partial charge in [-0.1, -0.05) is 0 Å². The molecule has 0 aromatic heterocycles. The van der Waals surface area contributed by atoms with Gasteiger partial charge in [-0.05, 0) is 51.4 Å². The molecule has 0 bridgehead atoms.